The Hall–Kier alpha value is -0.790. The maximum atomic E-state index is 3.85. The van der Waals surface area contributed by atoms with Crippen molar-refractivity contribution in [3.8, 4) is 0 Å². The summed E-state index contributed by atoms with van der Waals surface area (Å²) in [7, 11) is 0. The number of rotatable bonds is 2. The maximum Gasteiger partial charge on any atom is 0.0490 e. The molecule has 0 unspecified atom stereocenters. The van der Waals surface area contributed by atoms with Crippen molar-refractivity contribution in [3.05, 3.63) is 18.0 Å². The summed E-state index contributed by atoms with van der Waals surface area (Å²) in [6, 6.07) is 2.01. The van der Waals surface area contributed by atoms with Crippen LogP contribution in [0.4, 0.5) is 0 Å². The minimum atomic E-state index is 0. The molecule has 52 valence electrons. The summed E-state index contributed by atoms with van der Waals surface area (Å²) >= 11 is 0. The number of hydrogen-bond acceptors (Lipinski definition) is 1. The number of nitrogens with one attached hydrogen (secondary N) is 1. The molecule has 1 aromatic heterocycles. The van der Waals surface area contributed by atoms with E-state index in [-0.39, 0.29) is 1.43 Å². The van der Waals surface area contributed by atoms with Crippen molar-refractivity contribution in [2.75, 3.05) is 0 Å². The molecule has 1 aromatic rings. The van der Waals surface area contributed by atoms with E-state index in [2.05, 4.69) is 24.0 Å². The molecule has 0 spiro atoms. The quantitative estimate of drug-likeness (QED) is 0.643. The molecule has 0 fully saturated rings. The predicted octanol–water partition coefficient (Wildman–Crippen LogP) is 1.85. The van der Waals surface area contributed by atoms with Gasteiger partial charge >= 0.3 is 0 Å². The first kappa shape index (κ1) is 6.33. The van der Waals surface area contributed by atoms with Gasteiger partial charge in [0.2, 0.25) is 0 Å². The highest BCUT2D eigenvalue weighted by atomic mass is 15.1. The molecule has 0 aliphatic heterocycles. The molecule has 0 saturated heterocycles. The molecule has 2 nitrogen and oxygen atoms in total. The summed E-state index contributed by atoms with van der Waals surface area (Å²) in [5.74, 6) is 0.713. The van der Waals surface area contributed by atoms with Gasteiger partial charge in [-0.05, 0) is 18.4 Å². The molecule has 0 aliphatic carbocycles. The van der Waals surface area contributed by atoms with E-state index in [9.17, 15) is 0 Å². The molecule has 1 rings (SSSR count). The Morgan fingerprint density at radius 1 is 1.78 bits per heavy atom. The normalized spacial score (nSPS) is 10.6. The van der Waals surface area contributed by atoms with Crippen molar-refractivity contribution in [2.24, 2.45) is 5.92 Å². The highest BCUT2D eigenvalue weighted by Gasteiger charge is 1.95. The lowest BCUT2D eigenvalue weighted by Gasteiger charge is -1.98. The van der Waals surface area contributed by atoms with Gasteiger partial charge in [-0.1, -0.05) is 13.8 Å². The number of hydrogen-bond donors (Lipinski definition) is 1. The molecular weight excluding hydrogens is 112 g/mol. The molecule has 0 saturated carbocycles. The minimum absolute atomic E-state index is 0. The first-order valence-corrected chi connectivity index (χ1v) is 3.27. The average Bonchev–Trinajstić information content (AvgIpc) is 2.15. The lowest BCUT2D eigenvalue weighted by molar-refractivity contribution is 0.633. The van der Waals surface area contributed by atoms with E-state index in [1.807, 2.05) is 6.07 Å². The van der Waals surface area contributed by atoms with Crippen LogP contribution in [0.3, 0.4) is 0 Å². The van der Waals surface area contributed by atoms with E-state index in [1.54, 1.807) is 6.20 Å². The van der Waals surface area contributed by atoms with Crippen LogP contribution in [0.5, 0.6) is 0 Å². The highest BCUT2D eigenvalue weighted by Crippen LogP contribution is 2.02. The third kappa shape index (κ3) is 1.88. The van der Waals surface area contributed by atoms with E-state index >= 15 is 0 Å². The monoisotopic (exact) mass is 126 g/mol. The molecule has 0 amide bonds. The smallest absolute Gasteiger partial charge is 0.0490 e. The Bertz CT molecular complexity index is 158. The number of aromatic amines is 1. The van der Waals surface area contributed by atoms with Crippen molar-refractivity contribution in [1.82, 2.24) is 10.2 Å². The molecule has 2 heteroatoms. The van der Waals surface area contributed by atoms with Crippen LogP contribution in [-0.2, 0) is 6.42 Å². The van der Waals surface area contributed by atoms with E-state index in [1.165, 1.54) is 5.69 Å². The molecule has 0 radical (unpaired) electrons. The Kier molecular flexibility index (Phi) is 1.88. The highest BCUT2D eigenvalue weighted by molar-refractivity contribution is 4.97. The fourth-order valence-corrected chi connectivity index (χ4v) is 0.838. The van der Waals surface area contributed by atoms with Crippen molar-refractivity contribution in [2.45, 2.75) is 20.3 Å². The summed E-state index contributed by atoms with van der Waals surface area (Å²) in [6.45, 7) is 4.39. The van der Waals surface area contributed by atoms with Crippen molar-refractivity contribution in [3.63, 3.8) is 0 Å². The van der Waals surface area contributed by atoms with Crippen LogP contribution in [0.25, 0.3) is 0 Å². The largest absolute Gasteiger partial charge is 0.283 e. The molecule has 1 N–H and O–H groups in total. The first-order chi connectivity index (χ1) is 4.29. The zero-order valence-electron chi connectivity index (χ0n) is 5.89. The lowest BCUT2D eigenvalue weighted by atomic mass is 10.1. The van der Waals surface area contributed by atoms with Gasteiger partial charge in [0.05, 0.1) is 0 Å². The fourth-order valence-electron chi connectivity index (χ4n) is 0.838. The van der Waals surface area contributed by atoms with E-state index in [0.717, 1.165) is 6.42 Å². The van der Waals surface area contributed by atoms with Crippen LogP contribution >= 0.6 is 0 Å². The zero-order valence-corrected chi connectivity index (χ0v) is 5.89. The molecule has 0 aliphatic rings. The Morgan fingerprint density at radius 3 is 3.00 bits per heavy atom. The van der Waals surface area contributed by atoms with E-state index < -0.39 is 0 Å². The Labute approximate surface area is 56.8 Å². The Morgan fingerprint density at radius 2 is 2.56 bits per heavy atom. The third-order valence-electron chi connectivity index (χ3n) is 1.19. The van der Waals surface area contributed by atoms with Gasteiger partial charge in [-0.2, -0.15) is 5.10 Å². The lowest BCUT2D eigenvalue weighted by Crippen LogP contribution is -1.93. The number of H-pyrrole nitrogens is 1. The molecule has 1 heterocycles. The second-order valence-corrected chi connectivity index (χ2v) is 2.68. The standard InChI is InChI=1S/C7H12N2.H2/c1-6(2)5-7-3-4-8-9-7;/h3-4,6H,5H2,1-2H3,(H,8,9);1H. The molecule has 9 heavy (non-hydrogen) atoms. The van der Waals surface area contributed by atoms with Gasteiger partial charge < -0.3 is 0 Å². The van der Waals surface area contributed by atoms with Crippen LogP contribution < -0.4 is 0 Å². The van der Waals surface area contributed by atoms with Gasteiger partial charge in [0, 0.05) is 13.3 Å². The Balaban J connectivity index is 0.000000810. The average molecular weight is 126 g/mol. The van der Waals surface area contributed by atoms with E-state index in [0.29, 0.717) is 5.92 Å². The summed E-state index contributed by atoms with van der Waals surface area (Å²) < 4.78 is 0. The molecule has 0 atom stereocenters. The molecule has 0 bridgehead atoms. The summed E-state index contributed by atoms with van der Waals surface area (Å²) in [5.41, 5.74) is 1.23. The third-order valence-corrected chi connectivity index (χ3v) is 1.19. The van der Waals surface area contributed by atoms with Gasteiger partial charge in [0.25, 0.3) is 0 Å². The predicted molar refractivity (Wildman–Crippen MR) is 39.2 cm³/mol. The number of aromatic nitrogens is 2. The van der Waals surface area contributed by atoms with Gasteiger partial charge in [-0.15, -0.1) is 0 Å². The second kappa shape index (κ2) is 2.67. The van der Waals surface area contributed by atoms with E-state index in [4.69, 9.17) is 0 Å². The minimum Gasteiger partial charge on any atom is -0.283 e. The van der Waals surface area contributed by atoms with Crippen LogP contribution in [0, 0.1) is 5.92 Å². The first-order valence-electron chi connectivity index (χ1n) is 3.27. The van der Waals surface area contributed by atoms with Crippen molar-refractivity contribution >= 4 is 0 Å². The van der Waals surface area contributed by atoms with Gasteiger partial charge in [-0.3, -0.25) is 5.10 Å². The summed E-state index contributed by atoms with van der Waals surface area (Å²) in [4.78, 5) is 0. The maximum absolute atomic E-state index is 3.85. The van der Waals surface area contributed by atoms with Crippen LogP contribution in [-0.4, -0.2) is 10.2 Å². The fraction of sp³-hybridized carbons (Fsp3) is 0.571. The van der Waals surface area contributed by atoms with Crippen LogP contribution in [0.1, 0.15) is 21.0 Å². The second-order valence-electron chi connectivity index (χ2n) is 2.68. The van der Waals surface area contributed by atoms with Gasteiger partial charge in [0.1, 0.15) is 0 Å². The topological polar surface area (TPSA) is 28.7 Å². The van der Waals surface area contributed by atoms with Crippen molar-refractivity contribution in [1.29, 1.82) is 0 Å². The zero-order chi connectivity index (χ0) is 6.69. The summed E-state index contributed by atoms with van der Waals surface area (Å²) in [5, 5.41) is 6.77. The van der Waals surface area contributed by atoms with Crippen molar-refractivity contribution < 1.29 is 1.43 Å². The number of nitrogens with zero attached hydrogens (tertiary/aromatic N) is 1. The SMILES string of the molecule is CC(C)Cc1ccn[nH]1.[HH]. The molecular formula is C7H14N2. The van der Waals surface area contributed by atoms with Gasteiger partial charge in [0.15, 0.2) is 0 Å². The molecule has 0 aromatic carbocycles. The van der Waals surface area contributed by atoms with Crippen LogP contribution in [0.2, 0.25) is 0 Å². The van der Waals surface area contributed by atoms with Gasteiger partial charge in [-0.25, -0.2) is 0 Å². The van der Waals surface area contributed by atoms with Crippen LogP contribution in [0.15, 0.2) is 12.3 Å². The summed E-state index contributed by atoms with van der Waals surface area (Å²) in [6.07, 6.45) is 2.89.